The number of aromatic nitrogens is 2. The van der Waals surface area contributed by atoms with Gasteiger partial charge in [0, 0.05) is 55.6 Å². The van der Waals surface area contributed by atoms with Gasteiger partial charge in [0.05, 0.1) is 18.3 Å². The first kappa shape index (κ1) is 25.8. The fraction of sp³-hybridized carbons (Fsp3) is 0.556. The van der Waals surface area contributed by atoms with Crippen LogP contribution in [0.15, 0.2) is 35.8 Å². The minimum Gasteiger partial charge on any atom is -0.385 e. The highest BCUT2D eigenvalue weighted by Crippen LogP contribution is 2.38. The summed E-state index contributed by atoms with van der Waals surface area (Å²) in [5, 5.41) is 21.6. The van der Waals surface area contributed by atoms with E-state index in [-0.39, 0.29) is 5.56 Å². The van der Waals surface area contributed by atoms with Gasteiger partial charge in [0.2, 0.25) is 0 Å². The Morgan fingerprint density at radius 1 is 1.27 bits per heavy atom. The van der Waals surface area contributed by atoms with E-state index in [1.54, 1.807) is 37.1 Å². The summed E-state index contributed by atoms with van der Waals surface area (Å²) < 4.78 is 32.2. The second-order valence-electron chi connectivity index (χ2n) is 10.4. The molecule has 5 N–H and O–H groups in total. The lowest BCUT2D eigenvalue weighted by Crippen LogP contribution is -2.47. The molecule has 1 unspecified atom stereocenters. The number of aliphatic hydroxyl groups is 1. The molecule has 1 atom stereocenters. The van der Waals surface area contributed by atoms with Crippen LogP contribution in [0.2, 0.25) is 0 Å². The highest BCUT2D eigenvalue weighted by molar-refractivity contribution is 5.95. The molecule has 0 radical (unpaired) electrons. The summed E-state index contributed by atoms with van der Waals surface area (Å²) in [7, 11) is 1.78. The summed E-state index contributed by atoms with van der Waals surface area (Å²) in [6.45, 7) is 5.64. The molecule has 5 rings (SSSR count). The minimum absolute atomic E-state index is 0.0114. The Balaban J connectivity index is 1.59. The van der Waals surface area contributed by atoms with Crippen LogP contribution in [0.25, 0.3) is 11.1 Å². The van der Waals surface area contributed by atoms with Gasteiger partial charge in [-0.25, -0.2) is 13.4 Å². The molecule has 2 aromatic rings. The lowest BCUT2D eigenvalue weighted by atomic mass is 9.93. The molecular formula is C27H38F2N7O+. The van der Waals surface area contributed by atoms with Gasteiger partial charge >= 0.3 is 0 Å². The molecule has 1 saturated heterocycles. The Hall–Kier alpha value is -2.82. The molecule has 37 heavy (non-hydrogen) atoms. The second-order valence-corrected chi connectivity index (χ2v) is 10.4. The fourth-order valence-corrected chi connectivity index (χ4v) is 5.76. The molecule has 3 aliphatic rings. The van der Waals surface area contributed by atoms with Gasteiger partial charge in [0.25, 0.3) is 12.3 Å². The standard InChI is InChI=1S/C27H37F2N7O/c1-17(37)35-11-7-24(33-20-5-8-31-9-6-20)23(16-35)27(30)36-10-3-4-18-12-21(19-14-32-34(2)15-19)22(26(28)29)13-25(18)36/h12-15,17,20,26,31,37H,3-11,16H2,1-2H3,(H2,30,33)/p+1. The number of alkyl halides is 2. The monoisotopic (exact) mass is 514 g/mol. The number of nitrogens with one attached hydrogen (secondary N) is 2. The first-order chi connectivity index (χ1) is 17.8. The molecule has 0 amide bonds. The first-order valence-corrected chi connectivity index (χ1v) is 13.3. The van der Waals surface area contributed by atoms with Crippen LogP contribution in [0.5, 0.6) is 0 Å². The van der Waals surface area contributed by atoms with Gasteiger partial charge in [0.15, 0.2) is 0 Å². The number of rotatable bonds is 6. The van der Waals surface area contributed by atoms with Crippen molar-refractivity contribution in [1.29, 1.82) is 0 Å². The summed E-state index contributed by atoms with van der Waals surface area (Å²) in [4.78, 5) is 2.00. The third-order valence-corrected chi connectivity index (χ3v) is 7.84. The van der Waals surface area contributed by atoms with Crippen molar-refractivity contribution in [2.24, 2.45) is 12.8 Å². The smallest absolute Gasteiger partial charge is 0.279 e. The van der Waals surface area contributed by atoms with Gasteiger partial charge < -0.3 is 15.7 Å². The van der Waals surface area contributed by atoms with Crippen LogP contribution in [0, 0.1) is 0 Å². The summed E-state index contributed by atoms with van der Waals surface area (Å²) in [6, 6.07) is 3.88. The van der Waals surface area contributed by atoms with E-state index in [0.29, 0.717) is 36.1 Å². The lowest BCUT2D eigenvalue weighted by molar-refractivity contribution is -0.447. The van der Waals surface area contributed by atoms with Crippen molar-refractivity contribution >= 4 is 11.5 Å². The maximum Gasteiger partial charge on any atom is 0.279 e. The zero-order valence-electron chi connectivity index (χ0n) is 21.7. The number of aliphatic hydroxyl groups excluding tert-OH is 1. The van der Waals surface area contributed by atoms with Crippen LogP contribution in [-0.2, 0) is 13.5 Å². The number of halogens is 2. The second kappa shape index (κ2) is 10.9. The summed E-state index contributed by atoms with van der Waals surface area (Å²) in [5.74, 6) is 0.581. The third-order valence-electron chi connectivity index (χ3n) is 7.84. The van der Waals surface area contributed by atoms with Crippen LogP contribution in [0.1, 0.15) is 50.2 Å². The Kier molecular flexibility index (Phi) is 7.60. The van der Waals surface area contributed by atoms with E-state index in [4.69, 9.17) is 5.73 Å². The average Bonchev–Trinajstić information content (AvgIpc) is 3.34. The van der Waals surface area contributed by atoms with Gasteiger partial charge in [-0.1, -0.05) is 0 Å². The number of nitrogens with zero attached hydrogens (tertiary/aromatic N) is 4. The number of benzene rings is 1. The SMILES string of the molecule is CC(O)N1CCC(NC2CCNCC2)=C(C(N)=[N+]2CCCc3cc(-c4cnn(C)c4)c(C(F)F)cc32)C1. The summed E-state index contributed by atoms with van der Waals surface area (Å²) in [5.41, 5.74) is 11.9. The zero-order valence-corrected chi connectivity index (χ0v) is 21.7. The average molecular weight is 515 g/mol. The third kappa shape index (κ3) is 5.42. The zero-order chi connectivity index (χ0) is 26.1. The van der Waals surface area contributed by atoms with Crippen LogP contribution < -0.4 is 16.4 Å². The van der Waals surface area contributed by atoms with Crippen LogP contribution in [0.4, 0.5) is 14.5 Å². The highest BCUT2D eigenvalue weighted by atomic mass is 19.3. The molecule has 1 fully saturated rings. The number of aryl methyl sites for hydroxylation is 2. The largest absolute Gasteiger partial charge is 0.385 e. The minimum atomic E-state index is -2.62. The number of hydrogen-bond donors (Lipinski definition) is 4. The van der Waals surface area contributed by atoms with Gasteiger partial charge in [-0.2, -0.15) is 5.10 Å². The van der Waals surface area contributed by atoms with E-state index in [9.17, 15) is 13.9 Å². The van der Waals surface area contributed by atoms with Crippen molar-refractivity contribution in [1.82, 2.24) is 25.3 Å². The Labute approximate surface area is 216 Å². The van der Waals surface area contributed by atoms with Crippen molar-refractivity contribution in [3.05, 3.63) is 46.9 Å². The quantitative estimate of drug-likeness (QED) is 0.350. The van der Waals surface area contributed by atoms with Crippen molar-refractivity contribution in [2.75, 3.05) is 32.7 Å². The highest BCUT2D eigenvalue weighted by Gasteiger charge is 2.32. The molecule has 0 aliphatic carbocycles. The molecule has 0 saturated carbocycles. The van der Waals surface area contributed by atoms with Crippen molar-refractivity contribution in [3.63, 3.8) is 0 Å². The van der Waals surface area contributed by atoms with Crippen molar-refractivity contribution < 1.29 is 18.5 Å². The molecule has 4 heterocycles. The van der Waals surface area contributed by atoms with Gasteiger partial charge in [0.1, 0.15) is 11.9 Å². The predicted molar refractivity (Wildman–Crippen MR) is 140 cm³/mol. The van der Waals surface area contributed by atoms with E-state index >= 15 is 0 Å². The van der Waals surface area contributed by atoms with E-state index in [1.807, 2.05) is 15.5 Å². The maximum atomic E-state index is 14.3. The number of hydrogen-bond acceptors (Lipinski definition) is 5. The molecule has 10 heteroatoms. The van der Waals surface area contributed by atoms with Crippen molar-refractivity contribution in [3.8, 4) is 11.1 Å². The molecular weight excluding hydrogens is 476 g/mol. The molecule has 1 aromatic carbocycles. The van der Waals surface area contributed by atoms with E-state index < -0.39 is 12.7 Å². The molecule has 1 aromatic heterocycles. The molecule has 3 aliphatic heterocycles. The summed E-state index contributed by atoms with van der Waals surface area (Å²) in [6.07, 6.45) is 4.69. The molecule has 8 nitrogen and oxygen atoms in total. The number of piperidine rings is 1. The normalized spacial score (nSPS) is 21.8. The fourth-order valence-electron chi connectivity index (χ4n) is 5.76. The van der Waals surface area contributed by atoms with Crippen LogP contribution in [-0.4, -0.2) is 75.2 Å². The first-order valence-electron chi connectivity index (χ1n) is 13.3. The lowest BCUT2D eigenvalue weighted by Gasteiger charge is -2.35. The van der Waals surface area contributed by atoms with E-state index in [2.05, 4.69) is 15.7 Å². The van der Waals surface area contributed by atoms with Crippen molar-refractivity contribution in [2.45, 2.75) is 57.7 Å². The van der Waals surface area contributed by atoms with Gasteiger partial charge in [-0.3, -0.25) is 15.3 Å². The van der Waals surface area contributed by atoms with Crippen LogP contribution >= 0.6 is 0 Å². The van der Waals surface area contributed by atoms with E-state index in [1.165, 1.54) is 0 Å². The number of fused-ring (bicyclic) bond motifs is 1. The predicted octanol–water partition coefficient (Wildman–Crippen LogP) is 2.61. The Morgan fingerprint density at radius 2 is 2.05 bits per heavy atom. The number of nitrogens with two attached hydrogens (primary N) is 1. The topological polar surface area (TPSA) is 94.4 Å². The van der Waals surface area contributed by atoms with E-state index in [0.717, 1.165) is 74.3 Å². The summed E-state index contributed by atoms with van der Waals surface area (Å²) >= 11 is 0. The Morgan fingerprint density at radius 3 is 2.73 bits per heavy atom. The van der Waals surface area contributed by atoms with Gasteiger partial charge in [-0.05, 0) is 69.0 Å². The Bertz CT molecular complexity index is 1200. The molecule has 0 spiro atoms. The molecule has 0 bridgehead atoms. The van der Waals surface area contributed by atoms with Crippen LogP contribution in [0.3, 0.4) is 0 Å². The van der Waals surface area contributed by atoms with Gasteiger partial charge in [-0.15, -0.1) is 0 Å². The number of amidine groups is 1. The molecule has 200 valence electrons. The maximum absolute atomic E-state index is 14.3.